The van der Waals surface area contributed by atoms with Crippen LogP contribution < -0.4 is 0 Å². The molecule has 0 fully saturated rings. The molecule has 0 aliphatic rings. The molecule has 0 atom stereocenters. The minimum absolute atomic E-state index is 0.164. The number of terminal acetylenes is 1. The second-order valence-electron chi connectivity index (χ2n) is 3.00. The van der Waals surface area contributed by atoms with E-state index < -0.39 is 0 Å². The van der Waals surface area contributed by atoms with Crippen LogP contribution >= 0.6 is 0 Å². The molecule has 11 heavy (non-hydrogen) atoms. The average molecular weight is 156 g/mol. The minimum Gasteiger partial charge on any atom is -0.385 e. The predicted octanol–water partition coefficient (Wildman–Crippen LogP) is 1.45. The third-order valence-corrected chi connectivity index (χ3v) is 1.45. The number of hydrogen-bond acceptors (Lipinski definition) is 2. The molecule has 0 rings (SSSR count). The summed E-state index contributed by atoms with van der Waals surface area (Å²) in [6, 6.07) is 0. The van der Waals surface area contributed by atoms with Crippen molar-refractivity contribution < 1.29 is 9.47 Å². The van der Waals surface area contributed by atoms with Gasteiger partial charge in [0, 0.05) is 13.7 Å². The van der Waals surface area contributed by atoms with Crippen LogP contribution in [-0.2, 0) is 9.47 Å². The maximum atomic E-state index is 5.36. The van der Waals surface area contributed by atoms with Crippen molar-refractivity contribution in [3.63, 3.8) is 0 Å². The van der Waals surface area contributed by atoms with Crippen LogP contribution in [0.25, 0.3) is 0 Å². The van der Waals surface area contributed by atoms with E-state index in [2.05, 4.69) is 5.92 Å². The zero-order valence-electron chi connectivity index (χ0n) is 7.52. The summed E-state index contributed by atoms with van der Waals surface area (Å²) in [7, 11) is 1.68. The summed E-state index contributed by atoms with van der Waals surface area (Å²) in [6.45, 7) is 5.08. The predicted molar refractivity (Wildman–Crippen MR) is 45.4 cm³/mol. The van der Waals surface area contributed by atoms with E-state index in [0.29, 0.717) is 13.2 Å². The molecule has 0 aromatic rings. The van der Waals surface area contributed by atoms with Gasteiger partial charge in [-0.3, -0.25) is 0 Å². The van der Waals surface area contributed by atoms with E-state index in [1.54, 1.807) is 7.11 Å². The van der Waals surface area contributed by atoms with Gasteiger partial charge in [-0.25, -0.2) is 0 Å². The topological polar surface area (TPSA) is 18.5 Å². The van der Waals surface area contributed by atoms with Gasteiger partial charge in [-0.15, -0.1) is 6.42 Å². The molecular weight excluding hydrogens is 140 g/mol. The SMILES string of the molecule is C#CCOC(C)(C)CCOC. The van der Waals surface area contributed by atoms with Gasteiger partial charge >= 0.3 is 0 Å². The van der Waals surface area contributed by atoms with Gasteiger partial charge < -0.3 is 9.47 Å². The van der Waals surface area contributed by atoms with Crippen LogP contribution in [0.1, 0.15) is 20.3 Å². The maximum absolute atomic E-state index is 5.36. The molecule has 0 radical (unpaired) electrons. The Bertz CT molecular complexity index is 133. The molecule has 2 nitrogen and oxygen atoms in total. The Kier molecular flexibility index (Phi) is 4.93. The largest absolute Gasteiger partial charge is 0.385 e. The summed E-state index contributed by atoms with van der Waals surface area (Å²) in [6.07, 6.45) is 5.92. The van der Waals surface area contributed by atoms with Crippen LogP contribution in [0.4, 0.5) is 0 Å². The molecule has 0 saturated carbocycles. The van der Waals surface area contributed by atoms with E-state index in [0.717, 1.165) is 6.42 Å². The summed E-state index contributed by atoms with van der Waals surface area (Å²) in [5.41, 5.74) is -0.164. The Morgan fingerprint density at radius 1 is 1.45 bits per heavy atom. The zero-order chi connectivity index (χ0) is 8.74. The van der Waals surface area contributed by atoms with Crippen LogP contribution in [0.5, 0.6) is 0 Å². The Labute approximate surface area is 68.9 Å². The second kappa shape index (κ2) is 5.17. The third kappa shape index (κ3) is 5.90. The Hall–Kier alpha value is -0.520. The van der Waals surface area contributed by atoms with Gasteiger partial charge in [0.2, 0.25) is 0 Å². The van der Waals surface area contributed by atoms with Gasteiger partial charge in [0.15, 0.2) is 0 Å². The van der Waals surface area contributed by atoms with Crippen molar-refractivity contribution in [2.24, 2.45) is 0 Å². The fourth-order valence-corrected chi connectivity index (χ4v) is 0.657. The first-order valence-corrected chi connectivity index (χ1v) is 3.69. The van der Waals surface area contributed by atoms with Crippen molar-refractivity contribution >= 4 is 0 Å². The summed E-state index contributed by atoms with van der Waals surface area (Å²) in [4.78, 5) is 0. The van der Waals surface area contributed by atoms with Gasteiger partial charge in [0.1, 0.15) is 6.61 Å². The lowest BCUT2D eigenvalue weighted by molar-refractivity contribution is -0.0199. The Morgan fingerprint density at radius 3 is 2.55 bits per heavy atom. The fraction of sp³-hybridized carbons (Fsp3) is 0.778. The van der Waals surface area contributed by atoms with Crippen molar-refractivity contribution in [1.29, 1.82) is 0 Å². The number of methoxy groups -OCH3 is 1. The first kappa shape index (κ1) is 10.5. The highest BCUT2D eigenvalue weighted by Crippen LogP contribution is 2.13. The lowest BCUT2D eigenvalue weighted by Gasteiger charge is -2.23. The van der Waals surface area contributed by atoms with E-state index in [1.807, 2.05) is 13.8 Å². The van der Waals surface area contributed by atoms with Gasteiger partial charge in [-0.2, -0.15) is 0 Å². The van der Waals surface area contributed by atoms with E-state index in [-0.39, 0.29) is 5.60 Å². The molecule has 0 heterocycles. The molecule has 0 saturated heterocycles. The second-order valence-corrected chi connectivity index (χ2v) is 3.00. The summed E-state index contributed by atoms with van der Waals surface area (Å²) < 4.78 is 10.3. The molecule has 0 bridgehead atoms. The number of rotatable bonds is 5. The van der Waals surface area contributed by atoms with E-state index in [4.69, 9.17) is 15.9 Å². The molecule has 64 valence electrons. The first-order valence-electron chi connectivity index (χ1n) is 3.69. The average Bonchev–Trinajstić information content (AvgIpc) is 1.97. The maximum Gasteiger partial charge on any atom is 0.108 e. The van der Waals surface area contributed by atoms with E-state index >= 15 is 0 Å². The van der Waals surface area contributed by atoms with E-state index in [1.165, 1.54) is 0 Å². The molecular formula is C9H16O2. The molecule has 0 aromatic heterocycles. The lowest BCUT2D eigenvalue weighted by Crippen LogP contribution is -2.26. The van der Waals surface area contributed by atoms with Gasteiger partial charge in [-0.1, -0.05) is 5.92 Å². The van der Waals surface area contributed by atoms with Crippen LogP contribution in [0.2, 0.25) is 0 Å². The highest BCUT2D eigenvalue weighted by Gasteiger charge is 2.16. The highest BCUT2D eigenvalue weighted by atomic mass is 16.5. The first-order chi connectivity index (χ1) is 5.12. The minimum atomic E-state index is -0.164. The summed E-state index contributed by atoms with van der Waals surface area (Å²) in [5.74, 6) is 2.44. The van der Waals surface area contributed by atoms with Gasteiger partial charge in [-0.05, 0) is 20.3 Å². The van der Waals surface area contributed by atoms with Crippen molar-refractivity contribution in [1.82, 2.24) is 0 Å². The van der Waals surface area contributed by atoms with Crippen molar-refractivity contribution in [2.45, 2.75) is 25.9 Å². The monoisotopic (exact) mass is 156 g/mol. The van der Waals surface area contributed by atoms with Crippen LogP contribution in [0, 0.1) is 12.3 Å². The number of ether oxygens (including phenoxy) is 2. The fourth-order valence-electron chi connectivity index (χ4n) is 0.657. The van der Waals surface area contributed by atoms with Crippen LogP contribution in [0.3, 0.4) is 0 Å². The summed E-state index contributed by atoms with van der Waals surface area (Å²) >= 11 is 0. The standard InChI is InChI=1S/C9H16O2/c1-5-7-11-9(2,3)6-8-10-4/h1H,6-8H2,2-4H3. The van der Waals surface area contributed by atoms with E-state index in [9.17, 15) is 0 Å². The van der Waals surface area contributed by atoms with Crippen molar-refractivity contribution in [3.05, 3.63) is 0 Å². The van der Waals surface area contributed by atoms with Gasteiger partial charge in [0.05, 0.1) is 5.60 Å². The molecule has 0 unspecified atom stereocenters. The van der Waals surface area contributed by atoms with Crippen molar-refractivity contribution in [3.8, 4) is 12.3 Å². The Balaban J connectivity index is 3.54. The number of hydrogen-bond donors (Lipinski definition) is 0. The lowest BCUT2D eigenvalue weighted by atomic mass is 10.1. The summed E-state index contributed by atoms with van der Waals surface area (Å²) in [5, 5.41) is 0. The molecule has 0 spiro atoms. The molecule has 0 aliphatic carbocycles. The molecule has 0 N–H and O–H groups in total. The molecule has 0 aromatic carbocycles. The molecule has 0 amide bonds. The Morgan fingerprint density at radius 2 is 2.09 bits per heavy atom. The quantitative estimate of drug-likeness (QED) is 0.561. The normalized spacial score (nSPS) is 11.1. The van der Waals surface area contributed by atoms with Crippen molar-refractivity contribution in [2.75, 3.05) is 20.3 Å². The molecule has 2 heteroatoms. The van der Waals surface area contributed by atoms with Crippen LogP contribution in [-0.4, -0.2) is 25.9 Å². The van der Waals surface area contributed by atoms with Gasteiger partial charge in [0.25, 0.3) is 0 Å². The highest BCUT2D eigenvalue weighted by molar-refractivity contribution is 4.85. The smallest absolute Gasteiger partial charge is 0.108 e. The zero-order valence-corrected chi connectivity index (χ0v) is 7.52. The third-order valence-electron chi connectivity index (χ3n) is 1.45. The van der Waals surface area contributed by atoms with Crippen LogP contribution in [0.15, 0.2) is 0 Å². The molecule has 0 aliphatic heterocycles.